The van der Waals surface area contributed by atoms with Crippen molar-refractivity contribution in [3.8, 4) is 33.4 Å². The monoisotopic (exact) mass is 626 g/mol. The molecule has 0 aliphatic heterocycles. The number of para-hydroxylation sites is 1. The Balaban J connectivity index is 1.42. The van der Waals surface area contributed by atoms with E-state index >= 15 is 0 Å². The molecule has 1 aromatic heterocycles. The van der Waals surface area contributed by atoms with Crippen molar-refractivity contribution < 1.29 is 22.2 Å². The molecular formula is C46H31NO. The molecule has 9 rings (SSSR count). The van der Waals surface area contributed by atoms with Crippen LogP contribution in [0.25, 0.3) is 66.1 Å². The Labute approximate surface area is 298 Å². The van der Waals surface area contributed by atoms with Crippen molar-refractivity contribution in [2.75, 3.05) is 4.90 Å². The number of fused-ring (bicyclic) bond motifs is 4. The summed E-state index contributed by atoms with van der Waals surface area (Å²) in [7, 11) is 0. The van der Waals surface area contributed by atoms with Crippen molar-refractivity contribution in [2.45, 2.75) is 0 Å². The highest BCUT2D eigenvalue weighted by Gasteiger charge is 2.20. The fraction of sp³-hybridized carbons (Fsp3) is 0. The molecule has 0 spiro atoms. The Morgan fingerprint density at radius 3 is 1.58 bits per heavy atom. The van der Waals surface area contributed by atoms with Crippen LogP contribution >= 0.6 is 0 Å². The summed E-state index contributed by atoms with van der Waals surface area (Å²) in [6.45, 7) is 0. The number of rotatable bonds is 6. The molecule has 0 N–H and O–H groups in total. The number of hydrogen-bond donors (Lipinski definition) is 0. The molecular weight excluding hydrogens is 583 g/mol. The highest BCUT2D eigenvalue weighted by Crippen LogP contribution is 2.45. The fourth-order valence-electron chi connectivity index (χ4n) is 6.03. The molecule has 8 aromatic carbocycles. The van der Waals surface area contributed by atoms with E-state index in [1.54, 1.807) is 29.2 Å². The van der Waals surface area contributed by atoms with Gasteiger partial charge < -0.3 is 9.32 Å². The van der Waals surface area contributed by atoms with Crippen LogP contribution in [0.15, 0.2) is 192 Å². The van der Waals surface area contributed by atoms with Crippen LogP contribution in [0.1, 0.15) is 17.8 Å². The molecule has 0 saturated heterocycles. The van der Waals surface area contributed by atoms with Gasteiger partial charge in [-0.25, -0.2) is 0 Å². The van der Waals surface area contributed by atoms with E-state index in [2.05, 4.69) is 0 Å². The van der Waals surface area contributed by atoms with Crippen LogP contribution in [0.3, 0.4) is 0 Å². The van der Waals surface area contributed by atoms with Crippen LogP contribution < -0.4 is 4.90 Å². The summed E-state index contributed by atoms with van der Waals surface area (Å²) in [5, 5.41) is -0.990. The van der Waals surface area contributed by atoms with Gasteiger partial charge in [-0.05, 0) is 87.0 Å². The van der Waals surface area contributed by atoms with E-state index < -0.39 is 78.6 Å². The predicted molar refractivity (Wildman–Crippen MR) is 202 cm³/mol. The van der Waals surface area contributed by atoms with Crippen LogP contribution in [0.2, 0.25) is 0 Å². The third kappa shape index (κ3) is 4.92. The zero-order valence-corrected chi connectivity index (χ0v) is 25.2. The van der Waals surface area contributed by atoms with Crippen LogP contribution in [0.4, 0.5) is 17.1 Å². The SMILES string of the molecule is [2H]c1c([2H])c([2H])c(N(c2ccc(-c3ccccc3)cc2)c2ccc(-c3ccccc3)cc2)c(-c2c([2H])c([2H])c([2H])c3oc4c([2H])c5c([2H])c([2H])c([2H])c([2H])c5c([2H])c4c23)c1[2H]. The summed E-state index contributed by atoms with van der Waals surface area (Å²) in [4.78, 5) is 1.63. The number of hydrogen-bond acceptors (Lipinski definition) is 2. The molecule has 0 amide bonds. The number of anilines is 3. The summed E-state index contributed by atoms with van der Waals surface area (Å²) in [5.41, 5.74) is 3.23. The predicted octanol–water partition coefficient (Wildman–Crippen LogP) is 13.2. The standard InChI is InChI=1S/C46H31NO/c1-3-12-32(13-4-1)34-22-26-38(27-23-34)47(39-28-24-35(25-29-39)33-14-5-2-6-15-33)43-20-10-9-18-40(43)41-19-11-21-44-46(41)42-30-36-16-7-8-17-37(36)31-45(42)48-44/h1-31H/i7D,8D,9D,10D,11D,16D,17D,18D,19D,20D,21D,30D,31D. The lowest BCUT2D eigenvalue weighted by Gasteiger charge is -2.28. The molecule has 0 saturated carbocycles. The van der Waals surface area contributed by atoms with Crippen molar-refractivity contribution in [3.05, 3.63) is 188 Å². The minimum Gasteiger partial charge on any atom is -0.456 e. The molecule has 1 heterocycles. The topological polar surface area (TPSA) is 16.4 Å². The van der Waals surface area contributed by atoms with E-state index in [4.69, 9.17) is 16.8 Å². The van der Waals surface area contributed by atoms with Gasteiger partial charge in [0.25, 0.3) is 0 Å². The zero-order chi connectivity index (χ0) is 43.2. The van der Waals surface area contributed by atoms with Crippen molar-refractivity contribution in [2.24, 2.45) is 0 Å². The largest absolute Gasteiger partial charge is 0.456 e. The molecule has 2 nitrogen and oxygen atoms in total. The van der Waals surface area contributed by atoms with Gasteiger partial charge in [-0.15, -0.1) is 0 Å². The van der Waals surface area contributed by atoms with Crippen LogP contribution in [0.5, 0.6) is 0 Å². The van der Waals surface area contributed by atoms with E-state index in [0.29, 0.717) is 11.4 Å². The van der Waals surface area contributed by atoms with Gasteiger partial charge in [0.1, 0.15) is 11.2 Å². The molecule has 9 aromatic rings. The van der Waals surface area contributed by atoms with Crippen LogP contribution in [-0.4, -0.2) is 0 Å². The van der Waals surface area contributed by atoms with Gasteiger partial charge in [-0.1, -0.05) is 139 Å². The van der Waals surface area contributed by atoms with E-state index in [0.717, 1.165) is 22.3 Å². The average Bonchev–Trinajstić information content (AvgIpc) is 3.69. The molecule has 0 radical (unpaired) electrons. The normalized spacial score (nSPS) is 15.1. The molecule has 226 valence electrons. The fourth-order valence-corrected chi connectivity index (χ4v) is 6.03. The Morgan fingerprint density at radius 2 is 0.958 bits per heavy atom. The second-order valence-electron chi connectivity index (χ2n) is 11.1. The molecule has 0 unspecified atom stereocenters. The third-order valence-electron chi connectivity index (χ3n) is 8.30. The molecule has 2 heteroatoms. The minimum atomic E-state index is -0.656. The van der Waals surface area contributed by atoms with E-state index in [1.807, 2.05) is 84.9 Å². The Kier molecular flexibility index (Phi) is 4.29. The summed E-state index contributed by atoms with van der Waals surface area (Å²) in [6.07, 6.45) is 0. The van der Waals surface area contributed by atoms with Gasteiger partial charge >= 0.3 is 0 Å². The average molecular weight is 627 g/mol. The summed E-state index contributed by atoms with van der Waals surface area (Å²) < 4.78 is 123. The summed E-state index contributed by atoms with van der Waals surface area (Å²) in [6, 6.07) is 26.4. The number of benzene rings is 8. The Hall–Kier alpha value is -6.38. The molecule has 0 fully saturated rings. The van der Waals surface area contributed by atoms with Crippen molar-refractivity contribution in [3.63, 3.8) is 0 Å². The van der Waals surface area contributed by atoms with Gasteiger partial charge in [-0.2, -0.15) is 0 Å². The molecule has 48 heavy (non-hydrogen) atoms. The van der Waals surface area contributed by atoms with E-state index in [1.165, 1.54) is 0 Å². The second kappa shape index (κ2) is 11.8. The number of nitrogens with zero attached hydrogens (tertiary/aromatic N) is 1. The van der Waals surface area contributed by atoms with Crippen molar-refractivity contribution in [1.29, 1.82) is 0 Å². The lowest BCUT2D eigenvalue weighted by atomic mass is 9.96. The quantitative estimate of drug-likeness (QED) is 0.183. The highest BCUT2D eigenvalue weighted by atomic mass is 16.3. The van der Waals surface area contributed by atoms with Crippen LogP contribution in [0, 0.1) is 0 Å². The van der Waals surface area contributed by atoms with Gasteiger partial charge in [0, 0.05) is 27.7 Å². The number of furan rings is 1. The second-order valence-corrected chi connectivity index (χ2v) is 11.1. The first-order valence-electron chi connectivity index (χ1n) is 21.8. The maximum atomic E-state index is 9.53. The maximum absolute atomic E-state index is 9.53. The van der Waals surface area contributed by atoms with Gasteiger partial charge in [0.05, 0.1) is 23.5 Å². The lowest BCUT2D eigenvalue weighted by molar-refractivity contribution is 0.669. The van der Waals surface area contributed by atoms with Gasteiger partial charge in [0.2, 0.25) is 0 Å². The molecule has 0 bridgehead atoms. The van der Waals surface area contributed by atoms with Gasteiger partial charge in [-0.3, -0.25) is 0 Å². The third-order valence-corrected chi connectivity index (χ3v) is 8.30. The molecule has 0 atom stereocenters. The zero-order valence-electron chi connectivity index (χ0n) is 38.2. The Morgan fingerprint density at radius 1 is 0.438 bits per heavy atom. The smallest absolute Gasteiger partial charge is 0.136 e. The first-order valence-corrected chi connectivity index (χ1v) is 15.3. The Bertz CT molecular complexity index is 3180. The lowest BCUT2D eigenvalue weighted by Crippen LogP contribution is -2.11. The molecule has 0 aliphatic carbocycles. The minimum absolute atomic E-state index is 0.118. The van der Waals surface area contributed by atoms with Crippen molar-refractivity contribution >= 4 is 49.8 Å². The highest BCUT2D eigenvalue weighted by molar-refractivity contribution is 6.16. The van der Waals surface area contributed by atoms with Crippen LogP contribution in [-0.2, 0) is 0 Å². The summed E-state index contributed by atoms with van der Waals surface area (Å²) >= 11 is 0. The van der Waals surface area contributed by atoms with E-state index in [-0.39, 0.29) is 49.5 Å². The maximum Gasteiger partial charge on any atom is 0.136 e. The summed E-state index contributed by atoms with van der Waals surface area (Å²) in [5.74, 6) is 0. The first kappa shape index (κ1) is 17.5. The van der Waals surface area contributed by atoms with Gasteiger partial charge in [0.15, 0.2) is 0 Å². The van der Waals surface area contributed by atoms with E-state index in [9.17, 15) is 5.48 Å². The van der Waals surface area contributed by atoms with Crippen molar-refractivity contribution in [1.82, 2.24) is 0 Å². The molecule has 0 aliphatic rings. The first-order chi connectivity index (χ1) is 29.2.